The summed E-state index contributed by atoms with van der Waals surface area (Å²) in [5.74, 6) is 0.167. The van der Waals surface area contributed by atoms with E-state index in [1.165, 1.54) is 6.42 Å². The number of carbonyl (C=O) groups excluding carboxylic acids is 1. The average molecular weight is 351 g/mol. The van der Waals surface area contributed by atoms with E-state index in [1.807, 2.05) is 23.1 Å². The number of benzene rings is 1. The lowest BCUT2D eigenvalue weighted by molar-refractivity contribution is -0.139. The van der Waals surface area contributed by atoms with Gasteiger partial charge in [0.25, 0.3) is 0 Å². The van der Waals surface area contributed by atoms with Crippen LogP contribution in [0.25, 0.3) is 0 Å². The summed E-state index contributed by atoms with van der Waals surface area (Å²) in [6, 6.07) is 8.53. The van der Waals surface area contributed by atoms with Crippen molar-refractivity contribution in [3.8, 4) is 0 Å². The van der Waals surface area contributed by atoms with E-state index in [9.17, 15) is 4.79 Å². The van der Waals surface area contributed by atoms with Crippen LogP contribution in [0.5, 0.6) is 0 Å². The zero-order valence-corrected chi connectivity index (χ0v) is 13.9. The summed E-state index contributed by atoms with van der Waals surface area (Å²) in [7, 11) is 0. The number of rotatable bonds is 4. The number of hydrogen-bond acceptors (Lipinski definition) is 2. The fraction of sp³-hybridized carbons (Fsp3) is 0.588. The third kappa shape index (κ3) is 3.32. The molecule has 4 heteroatoms. The molecule has 0 aromatic heterocycles. The molecule has 114 valence electrons. The maximum atomic E-state index is 13.0. The first-order valence-electron chi connectivity index (χ1n) is 7.93. The Morgan fingerprint density at radius 1 is 1.24 bits per heavy atom. The Morgan fingerprint density at radius 3 is 2.52 bits per heavy atom. The van der Waals surface area contributed by atoms with Crippen molar-refractivity contribution in [2.24, 2.45) is 5.73 Å². The van der Waals surface area contributed by atoms with Crippen LogP contribution in [0.2, 0.25) is 0 Å². The van der Waals surface area contributed by atoms with E-state index in [0.717, 1.165) is 48.6 Å². The van der Waals surface area contributed by atoms with Gasteiger partial charge in [0.05, 0.1) is 5.54 Å². The van der Waals surface area contributed by atoms with Crippen molar-refractivity contribution in [3.63, 3.8) is 0 Å². The van der Waals surface area contributed by atoms with Crippen LogP contribution < -0.4 is 5.73 Å². The van der Waals surface area contributed by atoms with Gasteiger partial charge in [-0.2, -0.15) is 0 Å². The minimum absolute atomic E-state index is 0.167. The predicted molar refractivity (Wildman–Crippen MR) is 87.7 cm³/mol. The largest absolute Gasteiger partial charge is 0.334 e. The van der Waals surface area contributed by atoms with Gasteiger partial charge in [-0.1, -0.05) is 53.4 Å². The van der Waals surface area contributed by atoms with Crippen LogP contribution in [0.1, 0.15) is 50.5 Å². The first-order valence-corrected chi connectivity index (χ1v) is 8.73. The second-order valence-corrected chi connectivity index (χ2v) is 7.33. The third-order valence-corrected chi connectivity index (χ3v) is 5.49. The van der Waals surface area contributed by atoms with Gasteiger partial charge in [-0.25, -0.2) is 0 Å². The molecule has 0 saturated heterocycles. The van der Waals surface area contributed by atoms with E-state index >= 15 is 0 Å². The van der Waals surface area contributed by atoms with Crippen molar-refractivity contribution >= 4 is 21.8 Å². The summed E-state index contributed by atoms with van der Waals surface area (Å²) < 4.78 is 1.07. The van der Waals surface area contributed by atoms with Gasteiger partial charge in [0.1, 0.15) is 0 Å². The molecule has 0 spiro atoms. The number of nitrogens with zero attached hydrogens (tertiary/aromatic N) is 1. The molecular weight excluding hydrogens is 328 g/mol. The molecule has 3 nitrogen and oxygen atoms in total. The third-order valence-electron chi connectivity index (χ3n) is 4.72. The Morgan fingerprint density at radius 2 is 1.90 bits per heavy atom. The topological polar surface area (TPSA) is 46.3 Å². The molecule has 0 aliphatic heterocycles. The van der Waals surface area contributed by atoms with Crippen molar-refractivity contribution in [1.29, 1.82) is 0 Å². The number of nitrogens with two attached hydrogens (primary N) is 1. The minimum Gasteiger partial charge on any atom is -0.334 e. The summed E-state index contributed by atoms with van der Waals surface area (Å²) >= 11 is 3.58. The molecule has 3 rings (SSSR count). The summed E-state index contributed by atoms with van der Waals surface area (Å²) in [6.07, 6.45) is 7.28. The zero-order valence-electron chi connectivity index (χ0n) is 12.4. The minimum atomic E-state index is -0.623. The second kappa shape index (κ2) is 6.09. The summed E-state index contributed by atoms with van der Waals surface area (Å²) in [5.41, 5.74) is 7.00. The molecule has 2 saturated carbocycles. The highest BCUT2D eigenvalue weighted by Gasteiger charge is 2.43. The van der Waals surface area contributed by atoms with Gasteiger partial charge in [0, 0.05) is 17.1 Å². The lowest BCUT2D eigenvalue weighted by Gasteiger charge is -2.37. The molecule has 1 aromatic rings. The average Bonchev–Trinajstić information content (AvgIpc) is 3.31. The predicted octanol–water partition coefficient (Wildman–Crippen LogP) is 3.60. The zero-order chi connectivity index (χ0) is 14.9. The van der Waals surface area contributed by atoms with Gasteiger partial charge in [-0.3, -0.25) is 4.79 Å². The molecule has 0 unspecified atom stereocenters. The molecule has 0 bridgehead atoms. The molecule has 2 fully saturated rings. The Bertz CT molecular complexity index is 521. The fourth-order valence-electron chi connectivity index (χ4n) is 3.25. The SMILES string of the molecule is NC1(C(=O)N(Cc2ccccc2Br)C2CC2)CCCCC1. The number of carbonyl (C=O) groups is 1. The molecule has 2 aliphatic rings. The maximum absolute atomic E-state index is 13.0. The molecule has 0 radical (unpaired) electrons. The molecule has 1 aromatic carbocycles. The van der Waals surface area contributed by atoms with Crippen LogP contribution in [-0.4, -0.2) is 22.4 Å². The number of amides is 1. The van der Waals surface area contributed by atoms with E-state index in [1.54, 1.807) is 0 Å². The van der Waals surface area contributed by atoms with Crippen LogP contribution >= 0.6 is 15.9 Å². The highest BCUT2D eigenvalue weighted by molar-refractivity contribution is 9.10. The van der Waals surface area contributed by atoms with Crippen LogP contribution in [-0.2, 0) is 11.3 Å². The van der Waals surface area contributed by atoms with Crippen molar-refractivity contribution < 1.29 is 4.79 Å². The van der Waals surface area contributed by atoms with Gasteiger partial charge in [0.15, 0.2) is 0 Å². The molecule has 0 heterocycles. The smallest absolute Gasteiger partial charge is 0.243 e. The van der Waals surface area contributed by atoms with Crippen molar-refractivity contribution in [2.75, 3.05) is 0 Å². The Kier molecular flexibility index (Phi) is 4.36. The lowest BCUT2D eigenvalue weighted by atomic mass is 9.81. The van der Waals surface area contributed by atoms with E-state index in [-0.39, 0.29) is 5.91 Å². The highest BCUT2D eigenvalue weighted by Crippen LogP contribution is 2.35. The van der Waals surface area contributed by atoms with Crippen LogP contribution in [0, 0.1) is 0 Å². The summed E-state index contributed by atoms with van der Waals surface area (Å²) in [4.78, 5) is 15.0. The number of halogens is 1. The Labute approximate surface area is 135 Å². The summed E-state index contributed by atoms with van der Waals surface area (Å²) in [5, 5.41) is 0. The van der Waals surface area contributed by atoms with Crippen molar-refractivity contribution in [1.82, 2.24) is 4.90 Å². The number of hydrogen-bond donors (Lipinski definition) is 1. The van der Waals surface area contributed by atoms with Crippen LogP contribution in [0.15, 0.2) is 28.7 Å². The van der Waals surface area contributed by atoms with E-state index < -0.39 is 5.54 Å². The first-order chi connectivity index (χ1) is 10.1. The normalized spacial score (nSPS) is 21.0. The molecule has 0 atom stereocenters. The maximum Gasteiger partial charge on any atom is 0.243 e. The molecule has 2 N–H and O–H groups in total. The van der Waals surface area contributed by atoms with Crippen LogP contribution in [0.4, 0.5) is 0 Å². The van der Waals surface area contributed by atoms with Gasteiger partial charge in [-0.05, 0) is 37.3 Å². The Hall–Kier alpha value is -0.870. The Balaban J connectivity index is 1.78. The van der Waals surface area contributed by atoms with E-state index in [2.05, 4.69) is 22.0 Å². The van der Waals surface area contributed by atoms with Gasteiger partial charge in [0.2, 0.25) is 5.91 Å². The second-order valence-electron chi connectivity index (χ2n) is 6.47. The summed E-state index contributed by atoms with van der Waals surface area (Å²) in [6.45, 7) is 0.671. The quantitative estimate of drug-likeness (QED) is 0.901. The van der Waals surface area contributed by atoms with Gasteiger partial charge >= 0.3 is 0 Å². The molecular formula is C17H23BrN2O. The van der Waals surface area contributed by atoms with Crippen LogP contribution in [0.3, 0.4) is 0 Å². The molecule has 21 heavy (non-hydrogen) atoms. The fourth-order valence-corrected chi connectivity index (χ4v) is 3.66. The highest BCUT2D eigenvalue weighted by atomic mass is 79.9. The van der Waals surface area contributed by atoms with Crippen molar-refractivity contribution in [3.05, 3.63) is 34.3 Å². The van der Waals surface area contributed by atoms with Crippen molar-refractivity contribution in [2.45, 2.75) is 63.1 Å². The standard InChI is InChI=1S/C17H23BrN2O/c18-15-7-3-2-6-13(15)12-20(14-8-9-14)16(21)17(19)10-4-1-5-11-17/h2-3,6-7,14H,1,4-5,8-12,19H2. The van der Waals surface area contributed by atoms with Gasteiger partial charge in [-0.15, -0.1) is 0 Å². The van der Waals surface area contributed by atoms with E-state index in [0.29, 0.717) is 12.6 Å². The molecule has 2 aliphatic carbocycles. The van der Waals surface area contributed by atoms with E-state index in [4.69, 9.17) is 5.73 Å². The molecule has 1 amide bonds. The van der Waals surface area contributed by atoms with Gasteiger partial charge < -0.3 is 10.6 Å². The lowest BCUT2D eigenvalue weighted by Crippen LogP contribution is -2.56. The monoisotopic (exact) mass is 350 g/mol. The first kappa shape index (κ1) is 15.0.